The summed E-state index contributed by atoms with van der Waals surface area (Å²) in [7, 11) is 0. The van der Waals surface area contributed by atoms with Crippen LogP contribution in [0.4, 0.5) is 0 Å². The highest BCUT2D eigenvalue weighted by molar-refractivity contribution is 6.01. The lowest BCUT2D eigenvalue weighted by molar-refractivity contribution is -0.139. The normalized spacial score (nSPS) is 28.7. The van der Waals surface area contributed by atoms with Gasteiger partial charge in [0.15, 0.2) is 0 Å². The average Bonchev–Trinajstić information content (AvgIpc) is 3.34. The average molecular weight is 354 g/mol. The number of nitrogens with one attached hydrogen (secondary N) is 1. The fourth-order valence-electron chi connectivity index (χ4n) is 5.05. The van der Waals surface area contributed by atoms with Crippen molar-refractivity contribution in [2.45, 2.75) is 58.0 Å². The highest BCUT2D eigenvalue weighted by atomic mass is 16.2. The third-order valence-electron chi connectivity index (χ3n) is 6.51. The van der Waals surface area contributed by atoms with Crippen LogP contribution in [0.2, 0.25) is 0 Å². The summed E-state index contributed by atoms with van der Waals surface area (Å²) in [6.45, 7) is 2.42. The molecule has 1 aromatic carbocycles. The number of hydrogen-bond acceptors (Lipinski definition) is 3. The second kappa shape index (κ2) is 6.86. The van der Waals surface area contributed by atoms with Crippen LogP contribution >= 0.6 is 0 Å². The summed E-state index contributed by atoms with van der Waals surface area (Å²) in [6.07, 6.45) is 5.89. The van der Waals surface area contributed by atoms with E-state index in [9.17, 15) is 14.4 Å². The van der Waals surface area contributed by atoms with Gasteiger partial charge in [-0.3, -0.25) is 19.3 Å². The number of fused-ring (bicyclic) bond motifs is 2. The molecule has 1 N–H and O–H groups in total. The van der Waals surface area contributed by atoms with Crippen LogP contribution < -0.4 is 5.32 Å². The standard InChI is InChI=1S/C21H26N2O3/c1-13(18-11-15-4-7-17(18)10-15)22-21(26)16-5-2-14(3-6-16)12-23-19(24)8-9-20(23)25/h2-3,5-6,13,15,17-18H,4,7-12H2,1H3,(H,22,26)/t13-,15-,17-,18-/m0/s1. The molecule has 138 valence electrons. The number of hydrogen-bond donors (Lipinski definition) is 1. The molecular formula is C21H26N2O3. The topological polar surface area (TPSA) is 66.5 Å². The van der Waals surface area contributed by atoms with Crippen molar-refractivity contribution in [3.63, 3.8) is 0 Å². The Morgan fingerprint density at radius 3 is 2.38 bits per heavy atom. The lowest BCUT2D eigenvalue weighted by Crippen LogP contribution is -2.40. The predicted octanol–water partition coefficient (Wildman–Crippen LogP) is 2.89. The Hall–Kier alpha value is -2.17. The Balaban J connectivity index is 1.35. The molecule has 4 atom stereocenters. The van der Waals surface area contributed by atoms with Crippen LogP contribution in [0.25, 0.3) is 0 Å². The predicted molar refractivity (Wildman–Crippen MR) is 97.1 cm³/mol. The van der Waals surface area contributed by atoms with Gasteiger partial charge >= 0.3 is 0 Å². The van der Waals surface area contributed by atoms with Gasteiger partial charge in [-0.25, -0.2) is 0 Å². The largest absolute Gasteiger partial charge is 0.349 e. The van der Waals surface area contributed by atoms with E-state index in [4.69, 9.17) is 0 Å². The Morgan fingerprint density at radius 1 is 1.12 bits per heavy atom. The highest BCUT2D eigenvalue weighted by Crippen LogP contribution is 2.49. The molecule has 2 saturated carbocycles. The summed E-state index contributed by atoms with van der Waals surface area (Å²) in [4.78, 5) is 37.3. The van der Waals surface area contributed by atoms with Gasteiger partial charge < -0.3 is 5.32 Å². The molecule has 26 heavy (non-hydrogen) atoms. The number of likely N-dealkylation sites (tertiary alicyclic amines) is 1. The number of carbonyl (C=O) groups excluding carboxylic acids is 3. The molecule has 5 nitrogen and oxygen atoms in total. The molecule has 3 aliphatic rings. The maximum absolute atomic E-state index is 12.5. The van der Waals surface area contributed by atoms with E-state index in [1.165, 1.54) is 30.6 Å². The zero-order valence-corrected chi connectivity index (χ0v) is 15.2. The molecule has 1 aliphatic heterocycles. The van der Waals surface area contributed by atoms with Crippen molar-refractivity contribution in [1.82, 2.24) is 10.2 Å². The van der Waals surface area contributed by atoms with Gasteiger partial charge in [-0.2, -0.15) is 0 Å². The van der Waals surface area contributed by atoms with Crippen molar-refractivity contribution in [3.8, 4) is 0 Å². The summed E-state index contributed by atoms with van der Waals surface area (Å²) in [5.74, 6) is 2.00. The number of carbonyl (C=O) groups is 3. The lowest BCUT2D eigenvalue weighted by atomic mass is 9.84. The molecule has 1 saturated heterocycles. The monoisotopic (exact) mass is 354 g/mol. The van der Waals surface area contributed by atoms with Crippen LogP contribution in [0.1, 0.15) is 61.4 Å². The molecule has 0 unspecified atom stereocenters. The van der Waals surface area contributed by atoms with Gasteiger partial charge in [0.2, 0.25) is 11.8 Å². The van der Waals surface area contributed by atoms with Gasteiger partial charge in [0.25, 0.3) is 5.91 Å². The molecule has 2 bridgehead atoms. The second-order valence-electron chi connectivity index (χ2n) is 8.17. The lowest BCUT2D eigenvalue weighted by Gasteiger charge is -2.28. The zero-order chi connectivity index (χ0) is 18.3. The first-order valence-corrected chi connectivity index (χ1v) is 9.74. The smallest absolute Gasteiger partial charge is 0.251 e. The molecule has 1 heterocycles. The minimum Gasteiger partial charge on any atom is -0.349 e. The van der Waals surface area contributed by atoms with Crippen LogP contribution in [0.15, 0.2) is 24.3 Å². The van der Waals surface area contributed by atoms with Crippen LogP contribution in [0, 0.1) is 17.8 Å². The molecule has 0 radical (unpaired) electrons. The number of nitrogens with zero attached hydrogens (tertiary/aromatic N) is 1. The van der Waals surface area contributed by atoms with Crippen molar-refractivity contribution in [3.05, 3.63) is 35.4 Å². The summed E-state index contributed by atoms with van der Waals surface area (Å²) in [5, 5.41) is 3.17. The number of imide groups is 1. The van der Waals surface area contributed by atoms with Gasteiger partial charge in [-0.05, 0) is 61.6 Å². The van der Waals surface area contributed by atoms with Gasteiger partial charge in [-0.1, -0.05) is 18.6 Å². The fourth-order valence-corrected chi connectivity index (χ4v) is 5.05. The van der Waals surface area contributed by atoms with Gasteiger partial charge in [-0.15, -0.1) is 0 Å². The van der Waals surface area contributed by atoms with Crippen LogP contribution in [0.3, 0.4) is 0 Å². The summed E-state index contributed by atoms with van der Waals surface area (Å²) in [5.41, 5.74) is 1.49. The Labute approximate surface area is 154 Å². The van der Waals surface area contributed by atoms with Crippen molar-refractivity contribution in [1.29, 1.82) is 0 Å². The van der Waals surface area contributed by atoms with Gasteiger partial charge in [0.1, 0.15) is 0 Å². The quantitative estimate of drug-likeness (QED) is 0.827. The molecule has 4 rings (SSSR count). The van der Waals surface area contributed by atoms with E-state index in [1.54, 1.807) is 12.1 Å². The van der Waals surface area contributed by atoms with Crippen molar-refractivity contribution in [2.24, 2.45) is 17.8 Å². The molecule has 5 heteroatoms. The zero-order valence-electron chi connectivity index (χ0n) is 15.2. The van der Waals surface area contributed by atoms with E-state index in [1.807, 2.05) is 12.1 Å². The summed E-state index contributed by atoms with van der Waals surface area (Å²) < 4.78 is 0. The van der Waals surface area contributed by atoms with Crippen LogP contribution in [-0.4, -0.2) is 28.7 Å². The van der Waals surface area contributed by atoms with E-state index in [2.05, 4.69) is 12.2 Å². The SMILES string of the molecule is C[C@H](NC(=O)c1ccc(CN2C(=O)CCC2=O)cc1)[C@@H]1C[C@H]2CC[C@H]1C2. The van der Waals surface area contributed by atoms with E-state index in [-0.39, 0.29) is 23.8 Å². The minimum atomic E-state index is -0.114. The third kappa shape index (κ3) is 3.27. The van der Waals surface area contributed by atoms with Crippen molar-refractivity contribution in [2.75, 3.05) is 0 Å². The maximum atomic E-state index is 12.5. The molecule has 1 aromatic rings. The number of amides is 3. The first-order valence-electron chi connectivity index (χ1n) is 9.74. The third-order valence-corrected chi connectivity index (χ3v) is 6.51. The minimum absolute atomic E-state index is 0.0415. The van der Waals surface area contributed by atoms with Gasteiger partial charge in [0.05, 0.1) is 6.54 Å². The van der Waals surface area contributed by atoms with E-state index in [0.29, 0.717) is 30.9 Å². The van der Waals surface area contributed by atoms with E-state index in [0.717, 1.165) is 17.4 Å². The van der Waals surface area contributed by atoms with E-state index >= 15 is 0 Å². The molecule has 3 fully saturated rings. The molecular weight excluding hydrogens is 328 g/mol. The van der Waals surface area contributed by atoms with Crippen LogP contribution in [0.5, 0.6) is 0 Å². The second-order valence-corrected chi connectivity index (χ2v) is 8.17. The Kier molecular flexibility index (Phi) is 4.55. The highest BCUT2D eigenvalue weighted by Gasteiger charge is 2.42. The molecule has 2 aliphatic carbocycles. The van der Waals surface area contributed by atoms with Gasteiger partial charge in [0, 0.05) is 24.4 Å². The Bertz CT molecular complexity index is 711. The van der Waals surface area contributed by atoms with E-state index < -0.39 is 0 Å². The number of benzene rings is 1. The van der Waals surface area contributed by atoms with Crippen molar-refractivity contribution < 1.29 is 14.4 Å². The molecule has 3 amide bonds. The number of rotatable bonds is 5. The summed E-state index contributed by atoms with van der Waals surface area (Å²) >= 11 is 0. The van der Waals surface area contributed by atoms with Crippen LogP contribution in [-0.2, 0) is 16.1 Å². The molecule has 0 spiro atoms. The summed E-state index contributed by atoms with van der Waals surface area (Å²) in [6, 6.07) is 7.43. The molecule has 0 aromatic heterocycles. The fraction of sp³-hybridized carbons (Fsp3) is 0.571. The van der Waals surface area contributed by atoms with Crippen molar-refractivity contribution >= 4 is 17.7 Å². The first kappa shape index (κ1) is 17.3. The Morgan fingerprint density at radius 2 is 1.81 bits per heavy atom. The maximum Gasteiger partial charge on any atom is 0.251 e. The first-order chi connectivity index (χ1) is 12.5.